The second-order valence-corrected chi connectivity index (χ2v) is 12.9. The number of thioether (sulfide) groups is 1. The molecule has 1 aliphatic carbocycles. The molecule has 2 fully saturated rings. The first-order chi connectivity index (χ1) is 17.0. The van der Waals surface area contributed by atoms with Gasteiger partial charge in [-0.15, -0.1) is 11.8 Å². The molecule has 0 atom stereocenters. The Balaban J connectivity index is 1.17. The van der Waals surface area contributed by atoms with E-state index in [1.165, 1.54) is 45.3 Å². The van der Waals surface area contributed by atoms with Crippen LogP contribution in [0.5, 0.6) is 5.75 Å². The molecule has 8 heteroatoms. The van der Waals surface area contributed by atoms with Crippen molar-refractivity contribution in [2.75, 3.05) is 55.9 Å². The predicted octanol–water partition coefficient (Wildman–Crippen LogP) is 4.63. The van der Waals surface area contributed by atoms with E-state index in [9.17, 15) is 8.42 Å². The molecule has 0 radical (unpaired) electrons. The van der Waals surface area contributed by atoms with E-state index in [0.29, 0.717) is 18.0 Å². The van der Waals surface area contributed by atoms with Gasteiger partial charge in [0, 0.05) is 48.9 Å². The van der Waals surface area contributed by atoms with Crippen molar-refractivity contribution in [1.82, 2.24) is 9.80 Å². The van der Waals surface area contributed by atoms with Crippen molar-refractivity contribution >= 4 is 27.5 Å². The Morgan fingerprint density at radius 3 is 2.57 bits per heavy atom. The maximum atomic E-state index is 13.4. The van der Waals surface area contributed by atoms with Gasteiger partial charge in [0.2, 0.25) is 0 Å². The van der Waals surface area contributed by atoms with Gasteiger partial charge in [0.1, 0.15) is 5.75 Å². The van der Waals surface area contributed by atoms with Crippen molar-refractivity contribution < 1.29 is 13.2 Å². The zero-order valence-electron chi connectivity index (χ0n) is 20.7. The van der Waals surface area contributed by atoms with Gasteiger partial charge in [0.15, 0.2) is 0 Å². The molecule has 190 valence electrons. The summed E-state index contributed by atoms with van der Waals surface area (Å²) in [5, 5.41) is 0. The van der Waals surface area contributed by atoms with Crippen LogP contribution in [0.4, 0.5) is 5.69 Å². The lowest BCUT2D eigenvalue weighted by molar-refractivity contribution is 0.130. The van der Waals surface area contributed by atoms with Crippen LogP contribution in [-0.4, -0.2) is 75.9 Å². The summed E-state index contributed by atoms with van der Waals surface area (Å²) in [6.07, 6.45) is 6.40. The highest BCUT2D eigenvalue weighted by Gasteiger charge is 2.30. The first-order valence-corrected chi connectivity index (χ1v) is 15.4. The number of hydrogen-bond acceptors (Lipinski definition) is 6. The van der Waals surface area contributed by atoms with Gasteiger partial charge in [-0.05, 0) is 70.0 Å². The Morgan fingerprint density at radius 1 is 0.971 bits per heavy atom. The smallest absolute Gasteiger partial charge is 0.264 e. The molecule has 2 aromatic carbocycles. The summed E-state index contributed by atoms with van der Waals surface area (Å²) in [6, 6.07) is 13.8. The van der Waals surface area contributed by atoms with Crippen LogP contribution in [0.25, 0.3) is 0 Å². The van der Waals surface area contributed by atoms with Crippen LogP contribution >= 0.6 is 11.8 Å². The first-order valence-electron chi connectivity index (χ1n) is 13.0. The Kier molecular flexibility index (Phi) is 7.92. The monoisotopic (exact) mass is 515 g/mol. The molecule has 1 saturated heterocycles. The zero-order chi connectivity index (χ0) is 24.3. The number of rotatable bonds is 8. The molecule has 1 saturated carbocycles. The van der Waals surface area contributed by atoms with Gasteiger partial charge in [0.05, 0.1) is 17.2 Å². The van der Waals surface area contributed by atoms with E-state index in [1.54, 1.807) is 28.2 Å². The van der Waals surface area contributed by atoms with E-state index in [1.807, 2.05) is 37.3 Å². The molecular formula is C27H37N3O3S2. The summed E-state index contributed by atoms with van der Waals surface area (Å²) >= 11 is 1.70. The largest absolute Gasteiger partial charge is 0.493 e. The summed E-state index contributed by atoms with van der Waals surface area (Å²) in [7, 11) is -3.61. The van der Waals surface area contributed by atoms with Gasteiger partial charge in [-0.25, -0.2) is 8.42 Å². The van der Waals surface area contributed by atoms with E-state index in [-0.39, 0.29) is 0 Å². The third-order valence-corrected chi connectivity index (χ3v) is 10.3. The van der Waals surface area contributed by atoms with Crippen molar-refractivity contribution in [2.45, 2.75) is 54.9 Å². The van der Waals surface area contributed by atoms with E-state index >= 15 is 0 Å². The van der Waals surface area contributed by atoms with Crippen LogP contribution in [0.15, 0.2) is 52.3 Å². The maximum Gasteiger partial charge on any atom is 0.264 e. The van der Waals surface area contributed by atoms with E-state index in [2.05, 4.69) is 9.80 Å². The number of sulfonamides is 1. The Bertz CT molecular complexity index is 1100. The van der Waals surface area contributed by atoms with Crippen molar-refractivity contribution in [3.05, 3.63) is 48.0 Å². The molecule has 0 bridgehead atoms. The lowest BCUT2D eigenvalue weighted by Gasteiger charge is -2.36. The molecule has 2 aromatic rings. The molecule has 35 heavy (non-hydrogen) atoms. The summed E-state index contributed by atoms with van der Waals surface area (Å²) < 4.78 is 34.4. The fourth-order valence-electron chi connectivity index (χ4n) is 5.16. The fraction of sp³-hybridized carbons (Fsp3) is 0.556. The number of anilines is 1. The molecule has 3 aliphatic rings. The first kappa shape index (κ1) is 24.9. The number of benzene rings is 2. The highest BCUT2D eigenvalue weighted by atomic mass is 32.2. The molecule has 0 unspecified atom stereocenters. The molecule has 2 aliphatic heterocycles. The third kappa shape index (κ3) is 5.82. The molecule has 0 aromatic heterocycles. The second kappa shape index (κ2) is 11.1. The van der Waals surface area contributed by atoms with Crippen LogP contribution in [0.1, 0.15) is 37.7 Å². The van der Waals surface area contributed by atoms with Crippen LogP contribution in [0.3, 0.4) is 0 Å². The van der Waals surface area contributed by atoms with Crippen LogP contribution < -0.4 is 9.04 Å². The van der Waals surface area contributed by atoms with E-state index in [0.717, 1.165) is 53.2 Å². The van der Waals surface area contributed by atoms with Gasteiger partial charge in [-0.2, -0.15) is 0 Å². The average molecular weight is 516 g/mol. The minimum absolute atomic E-state index is 0.334. The molecule has 0 N–H and O–H groups in total. The third-order valence-electron chi connectivity index (χ3n) is 7.46. The van der Waals surface area contributed by atoms with Crippen molar-refractivity contribution in [1.29, 1.82) is 0 Å². The predicted molar refractivity (Wildman–Crippen MR) is 143 cm³/mol. The molecule has 0 spiro atoms. The van der Waals surface area contributed by atoms with Gasteiger partial charge >= 0.3 is 0 Å². The summed E-state index contributed by atoms with van der Waals surface area (Å²) in [5.41, 5.74) is 1.77. The number of hydrogen-bond donors (Lipinski definition) is 0. The standard InChI is InChI=1S/C27H37N3O3S2/c1-22-7-10-25(11-8-22)35(31,32)30-18-20-34-27-12-9-24(21-26(27)30)33-19-4-14-28-13-3-15-29(17-16-28)23-5-2-6-23/h7-12,21,23H,2-6,13-20H2,1H3. The Labute approximate surface area is 214 Å². The minimum Gasteiger partial charge on any atom is -0.493 e. The van der Waals surface area contributed by atoms with Crippen LogP contribution in [-0.2, 0) is 10.0 Å². The number of ether oxygens (including phenoxy) is 1. The normalized spacial score (nSPS) is 20.2. The topological polar surface area (TPSA) is 53.1 Å². The summed E-state index contributed by atoms with van der Waals surface area (Å²) in [5.74, 6) is 1.48. The number of aryl methyl sites for hydroxylation is 1. The highest BCUT2D eigenvalue weighted by molar-refractivity contribution is 8.00. The zero-order valence-corrected chi connectivity index (χ0v) is 22.3. The van der Waals surface area contributed by atoms with Crippen molar-refractivity contribution in [3.8, 4) is 5.75 Å². The van der Waals surface area contributed by atoms with Gasteiger partial charge in [-0.1, -0.05) is 24.1 Å². The average Bonchev–Trinajstić information content (AvgIpc) is 3.06. The molecule has 0 amide bonds. The lowest BCUT2D eigenvalue weighted by Crippen LogP contribution is -2.42. The molecular weight excluding hydrogens is 478 g/mol. The fourth-order valence-corrected chi connectivity index (χ4v) is 7.78. The molecule has 5 rings (SSSR count). The van der Waals surface area contributed by atoms with E-state index < -0.39 is 10.0 Å². The van der Waals surface area contributed by atoms with E-state index in [4.69, 9.17) is 4.74 Å². The SMILES string of the molecule is Cc1ccc(S(=O)(=O)N2CCSc3ccc(OCCCN4CCCN(C5CCC5)CC4)cc32)cc1. The number of fused-ring (bicyclic) bond motifs is 1. The summed E-state index contributed by atoms with van der Waals surface area (Å²) in [6.45, 7) is 8.87. The minimum atomic E-state index is -3.61. The summed E-state index contributed by atoms with van der Waals surface area (Å²) in [4.78, 5) is 6.59. The van der Waals surface area contributed by atoms with Crippen molar-refractivity contribution in [2.24, 2.45) is 0 Å². The van der Waals surface area contributed by atoms with Gasteiger partial charge in [-0.3, -0.25) is 9.21 Å². The van der Waals surface area contributed by atoms with Gasteiger partial charge in [0.25, 0.3) is 10.0 Å². The number of nitrogens with zero attached hydrogens (tertiary/aromatic N) is 3. The van der Waals surface area contributed by atoms with Gasteiger partial charge < -0.3 is 9.64 Å². The quantitative estimate of drug-likeness (QED) is 0.478. The van der Waals surface area contributed by atoms with Crippen LogP contribution in [0.2, 0.25) is 0 Å². The lowest BCUT2D eigenvalue weighted by atomic mass is 9.91. The highest BCUT2D eigenvalue weighted by Crippen LogP contribution is 2.40. The molecule has 6 nitrogen and oxygen atoms in total. The van der Waals surface area contributed by atoms with Crippen LogP contribution in [0, 0.1) is 6.92 Å². The second-order valence-electron chi connectivity index (χ2n) is 9.89. The Morgan fingerprint density at radius 2 is 1.80 bits per heavy atom. The Hall–Kier alpha value is -1.74. The molecule has 2 heterocycles. The van der Waals surface area contributed by atoms with Crippen molar-refractivity contribution in [3.63, 3.8) is 0 Å². The maximum absolute atomic E-state index is 13.4.